The smallest absolute Gasteiger partial charge is 0.328 e. The lowest BCUT2D eigenvalue weighted by Crippen LogP contribution is -2.66. The quantitative estimate of drug-likeness (QED) is 0.285. The normalized spacial score (nSPS) is 16.8. The number of carbonyl (C=O) groups excluding carboxylic acids is 1. The number of nitrogens with zero attached hydrogens (tertiary/aromatic N) is 1. The molecule has 0 spiro atoms. The van der Waals surface area contributed by atoms with Crippen molar-refractivity contribution in [3.05, 3.63) is 17.7 Å². The van der Waals surface area contributed by atoms with E-state index < -0.39 is 30.3 Å². The van der Waals surface area contributed by atoms with Gasteiger partial charge in [-0.25, -0.2) is 4.98 Å². The standard InChI is InChI=1S/C12H20N4O5/c1-7-15-4-8(16-7)2-3-9(18)10(19)12(13,11(20)21)5-14-6-17/h4,6,9-10,18-19H,2-3,5,13H2,1H3,(H,14,17)(H,15,16)(H,20,21). The molecule has 9 heteroatoms. The Morgan fingerprint density at radius 3 is 2.76 bits per heavy atom. The number of aliphatic carboxylic acids is 1. The summed E-state index contributed by atoms with van der Waals surface area (Å²) < 4.78 is 0. The number of carbonyl (C=O) groups is 2. The summed E-state index contributed by atoms with van der Waals surface area (Å²) >= 11 is 0. The van der Waals surface area contributed by atoms with Crippen LogP contribution in [-0.2, 0) is 16.0 Å². The van der Waals surface area contributed by atoms with Gasteiger partial charge in [-0.15, -0.1) is 0 Å². The first-order valence-corrected chi connectivity index (χ1v) is 6.37. The summed E-state index contributed by atoms with van der Waals surface area (Å²) in [6.45, 7) is 1.28. The maximum Gasteiger partial charge on any atom is 0.328 e. The van der Waals surface area contributed by atoms with Gasteiger partial charge >= 0.3 is 5.97 Å². The van der Waals surface area contributed by atoms with Crippen LogP contribution in [0.3, 0.4) is 0 Å². The lowest BCUT2D eigenvalue weighted by Gasteiger charge is -2.32. The average Bonchev–Trinajstić information content (AvgIpc) is 2.86. The molecule has 0 saturated carbocycles. The van der Waals surface area contributed by atoms with E-state index in [0.29, 0.717) is 12.2 Å². The van der Waals surface area contributed by atoms with Crippen LogP contribution in [0.15, 0.2) is 6.20 Å². The van der Waals surface area contributed by atoms with Crippen LogP contribution >= 0.6 is 0 Å². The number of H-pyrrole nitrogens is 1. The van der Waals surface area contributed by atoms with Gasteiger partial charge in [0.25, 0.3) is 0 Å². The first kappa shape index (κ1) is 17.1. The summed E-state index contributed by atoms with van der Waals surface area (Å²) in [7, 11) is 0. The highest BCUT2D eigenvalue weighted by atomic mass is 16.4. The Labute approximate surface area is 121 Å². The molecule has 0 radical (unpaired) electrons. The van der Waals surface area contributed by atoms with Crippen molar-refractivity contribution in [1.82, 2.24) is 15.3 Å². The first-order chi connectivity index (χ1) is 9.81. The Balaban J connectivity index is 2.66. The van der Waals surface area contributed by atoms with Crippen molar-refractivity contribution in [3.8, 4) is 0 Å². The number of carboxylic acid groups (broad SMARTS) is 1. The second-order valence-electron chi connectivity index (χ2n) is 4.89. The molecule has 118 valence electrons. The Bertz CT molecular complexity index is 492. The van der Waals surface area contributed by atoms with Crippen molar-refractivity contribution in [1.29, 1.82) is 0 Å². The molecule has 1 amide bonds. The molecule has 0 bridgehead atoms. The summed E-state index contributed by atoms with van der Waals surface area (Å²) in [5.74, 6) is -0.797. The fourth-order valence-corrected chi connectivity index (χ4v) is 1.92. The van der Waals surface area contributed by atoms with E-state index >= 15 is 0 Å². The molecule has 7 N–H and O–H groups in total. The van der Waals surface area contributed by atoms with Gasteiger partial charge < -0.3 is 31.4 Å². The van der Waals surface area contributed by atoms with Gasteiger partial charge in [-0.05, 0) is 19.8 Å². The minimum Gasteiger partial charge on any atom is -0.480 e. The summed E-state index contributed by atoms with van der Waals surface area (Å²) in [6.07, 6.45) is -0.757. The number of aromatic amines is 1. The number of aliphatic hydroxyl groups is 2. The minimum atomic E-state index is -2.16. The van der Waals surface area contributed by atoms with Crippen molar-refractivity contribution in [2.75, 3.05) is 6.54 Å². The van der Waals surface area contributed by atoms with Gasteiger partial charge in [-0.2, -0.15) is 0 Å². The molecule has 1 heterocycles. The summed E-state index contributed by atoms with van der Waals surface area (Å²) in [5, 5.41) is 31.1. The molecule has 0 aliphatic heterocycles. The molecule has 1 rings (SSSR count). The zero-order valence-electron chi connectivity index (χ0n) is 11.6. The number of rotatable bonds is 9. The Kier molecular flexibility index (Phi) is 5.82. The van der Waals surface area contributed by atoms with Crippen LogP contribution in [0.25, 0.3) is 0 Å². The second-order valence-corrected chi connectivity index (χ2v) is 4.89. The molecule has 0 aromatic carbocycles. The van der Waals surface area contributed by atoms with Gasteiger partial charge in [0.1, 0.15) is 11.9 Å². The molecule has 0 fully saturated rings. The Hall–Kier alpha value is -1.97. The summed E-state index contributed by atoms with van der Waals surface area (Å²) in [6, 6.07) is 0. The van der Waals surface area contributed by atoms with Gasteiger partial charge in [-0.3, -0.25) is 9.59 Å². The number of hydrogen-bond donors (Lipinski definition) is 6. The van der Waals surface area contributed by atoms with E-state index in [4.69, 9.17) is 10.8 Å². The second kappa shape index (κ2) is 7.16. The number of aliphatic hydroxyl groups excluding tert-OH is 2. The molecule has 0 saturated heterocycles. The zero-order valence-corrected chi connectivity index (χ0v) is 11.6. The fraction of sp³-hybridized carbons (Fsp3) is 0.583. The molecule has 0 aliphatic rings. The number of imidazole rings is 1. The van der Waals surface area contributed by atoms with E-state index in [-0.39, 0.29) is 12.8 Å². The third kappa shape index (κ3) is 4.25. The molecule has 1 aromatic rings. The predicted octanol–water partition coefficient (Wildman–Crippen LogP) is -2.10. The maximum atomic E-state index is 11.2. The van der Waals surface area contributed by atoms with Crippen molar-refractivity contribution < 1.29 is 24.9 Å². The topological polar surface area (TPSA) is 162 Å². The highest BCUT2D eigenvalue weighted by Gasteiger charge is 2.44. The third-order valence-electron chi connectivity index (χ3n) is 3.23. The fourth-order valence-electron chi connectivity index (χ4n) is 1.92. The zero-order chi connectivity index (χ0) is 16.0. The number of hydrogen-bond acceptors (Lipinski definition) is 6. The largest absolute Gasteiger partial charge is 0.480 e. The van der Waals surface area contributed by atoms with Crippen molar-refractivity contribution in [2.24, 2.45) is 5.73 Å². The lowest BCUT2D eigenvalue weighted by atomic mass is 9.87. The Morgan fingerprint density at radius 1 is 1.62 bits per heavy atom. The van der Waals surface area contributed by atoms with Crippen LogP contribution in [0, 0.1) is 6.92 Å². The van der Waals surface area contributed by atoms with Crippen LogP contribution in [-0.4, -0.2) is 62.0 Å². The number of aromatic nitrogens is 2. The molecule has 3 unspecified atom stereocenters. The molecule has 1 aromatic heterocycles. The van der Waals surface area contributed by atoms with E-state index in [1.165, 1.54) is 0 Å². The van der Waals surface area contributed by atoms with Crippen molar-refractivity contribution in [2.45, 2.75) is 37.5 Å². The number of carboxylic acids is 1. The van der Waals surface area contributed by atoms with Crippen LogP contribution < -0.4 is 11.1 Å². The number of nitrogens with two attached hydrogens (primary N) is 1. The predicted molar refractivity (Wildman–Crippen MR) is 72.3 cm³/mol. The van der Waals surface area contributed by atoms with E-state index in [1.54, 1.807) is 13.1 Å². The number of nitrogens with one attached hydrogen (secondary N) is 2. The van der Waals surface area contributed by atoms with Gasteiger partial charge in [0.05, 0.1) is 6.10 Å². The first-order valence-electron chi connectivity index (χ1n) is 6.37. The molecule has 21 heavy (non-hydrogen) atoms. The summed E-state index contributed by atoms with van der Waals surface area (Å²) in [5.41, 5.74) is 4.18. The van der Waals surface area contributed by atoms with Crippen molar-refractivity contribution >= 4 is 12.4 Å². The van der Waals surface area contributed by atoms with E-state index in [0.717, 1.165) is 5.69 Å². The number of amides is 1. The molecular formula is C12H20N4O5. The van der Waals surface area contributed by atoms with Gasteiger partial charge in [0, 0.05) is 18.4 Å². The number of aryl methyl sites for hydroxylation is 2. The molecular weight excluding hydrogens is 280 g/mol. The minimum absolute atomic E-state index is 0.0934. The molecule has 9 nitrogen and oxygen atoms in total. The molecule has 3 atom stereocenters. The van der Waals surface area contributed by atoms with Crippen molar-refractivity contribution in [3.63, 3.8) is 0 Å². The van der Waals surface area contributed by atoms with Gasteiger partial charge in [0.15, 0.2) is 5.54 Å². The highest BCUT2D eigenvalue weighted by Crippen LogP contribution is 2.15. The van der Waals surface area contributed by atoms with E-state index in [1.807, 2.05) is 0 Å². The summed E-state index contributed by atoms with van der Waals surface area (Å²) in [4.78, 5) is 28.4. The lowest BCUT2D eigenvalue weighted by molar-refractivity contribution is -0.152. The average molecular weight is 300 g/mol. The maximum absolute atomic E-state index is 11.2. The van der Waals surface area contributed by atoms with Gasteiger partial charge in [0.2, 0.25) is 6.41 Å². The third-order valence-corrected chi connectivity index (χ3v) is 3.23. The molecule has 0 aliphatic carbocycles. The Morgan fingerprint density at radius 2 is 2.29 bits per heavy atom. The van der Waals surface area contributed by atoms with Crippen LogP contribution in [0.2, 0.25) is 0 Å². The van der Waals surface area contributed by atoms with Crippen LogP contribution in [0.5, 0.6) is 0 Å². The van der Waals surface area contributed by atoms with Crippen LogP contribution in [0.1, 0.15) is 17.9 Å². The van der Waals surface area contributed by atoms with E-state index in [9.17, 15) is 19.8 Å². The highest BCUT2D eigenvalue weighted by molar-refractivity contribution is 5.80. The SMILES string of the molecule is Cc1ncc(CCC(O)C(O)C(N)(CNC=O)C(=O)O)[nH]1. The van der Waals surface area contributed by atoms with Gasteiger partial charge in [-0.1, -0.05) is 0 Å². The van der Waals surface area contributed by atoms with Crippen LogP contribution in [0.4, 0.5) is 0 Å². The monoisotopic (exact) mass is 300 g/mol. The van der Waals surface area contributed by atoms with E-state index in [2.05, 4.69) is 15.3 Å².